The third-order valence-corrected chi connectivity index (χ3v) is 5.23. The van der Waals surface area contributed by atoms with Gasteiger partial charge in [-0.1, -0.05) is 31.5 Å². The molecule has 1 amide bonds. The number of rotatable bonds is 9. The maximum Gasteiger partial charge on any atom is 0.349 e. The fraction of sp³-hybridized carbons (Fsp3) is 0.360. The molecule has 8 heteroatoms. The van der Waals surface area contributed by atoms with Crippen LogP contribution in [0.2, 0.25) is 5.02 Å². The van der Waals surface area contributed by atoms with E-state index in [2.05, 4.69) is 18.4 Å². The number of amides is 1. The van der Waals surface area contributed by atoms with E-state index < -0.39 is 18.5 Å². The lowest BCUT2D eigenvalue weighted by atomic mass is 10.1. The number of ether oxygens (including phenoxy) is 1. The van der Waals surface area contributed by atoms with Gasteiger partial charge in [-0.3, -0.25) is 4.79 Å². The first-order chi connectivity index (χ1) is 15.7. The summed E-state index contributed by atoms with van der Waals surface area (Å²) in [5.41, 5.74) is 3.03. The van der Waals surface area contributed by atoms with E-state index in [0.717, 1.165) is 23.5 Å². The number of anilines is 1. The number of halogens is 1. The fourth-order valence-corrected chi connectivity index (χ4v) is 3.58. The summed E-state index contributed by atoms with van der Waals surface area (Å²) in [4.78, 5) is 26.6. The van der Waals surface area contributed by atoms with E-state index in [4.69, 9.17) is 21.6 Å². The zero-order chi connectivity index (χ0) is 24.5. The predicted octanol–water partition coefficient (Wildman–Crippen LogP) is 4.81. The Kier molecular flexibility index (Phi) is 9.27. The quantitative estimate of drug-likeness (QED) is 0.300. The van der Waals surface area contributed by atoms with E-state index in [1.807, 2.05) is 32.1 Å². The molecule has 0 saturated carbocycles. The van der Waals surface area contributed by atoms with Crippen LogP contribution in [-0.2, 0) is 20.9 Å². The molecule has 1 aromatic carbocycles. The third kappa shape index (κ3) is 6.97. The van der Waals surface area contributed by atoms with Crippen LogP contribution < -0.4 is 4.90 Å². The largest absolute Gasteiger partial charge is 0.451 e. The zero-order valence-corrected chi connectivity index (χ0v) is 20.0. The van der Waals surface area contributed by atoms with Gasteiger partial charge < -0.3 is 14.2 Å². The monoisotopic (exact) mass is 466 g/mol. The molecule has 1 heterocycles. The molecule has 0 N–H and O–H groups in total. The highest BCUT2D eigenvalue weighted by atomic mass is 35.5. The summed E-state index contributed by atoms with van der Waals surface area (Å²) in [6, 6.07) is 12.4. The molecule has 7 nitrogen and oxygen atoms in total. The van der Waals surface area contributed by atoms with E-state index in [1.54, 1.807) is 24.3 Å². The van der Waals surface area contributed by atoms with Crippen molar-refractivity contribution in [2.24, 2.45) is 5.92 Å². The van der Waals surface area contributed by atoms with Crippen molar-refractivity contribution in [1.82, 2.24) is 4.57 Å². The lowest BCUT2D eigenvalue weighted by Crippen LogP contribution is -2.35. The zero-order valence-electron chi connectivity index (χ0n) is 19.3. The second-order valence-electron chi connectivity index (χ2n) is 8.01. The summed E-state index contributed by atoms with van der Waals surface area (Å²) in [6.45, 7) is 8.52. The highest BCUT2D eigenvalue weighted by Crippen LogP contribution is 2.21. The molecule has 172 valence electrons. The van der Waals surface area contributed by atoms with Gasteiger partial charge in [0, 0.05) is 35.2 Å². The van der Waals surface area contributed by atoms with Crippen LogP contribution in [0.1, 0.15) is 37.2 Å². The summed E-state index contributed by atoms with van der Waals surface area (Å²) in [6.07, 6.45) is 1.58. The minimum Gasteiger partial charge on any atom is -0.451 e. The molecule has 33 heavy (non-hydrogen) atoms. The van der Waals surface area contributed by atoms with Crippen molar-refractivity contribution < 1.29 is 14.3 Å². The maximum atomic E-state index is 12.7. The van der Waals surface area contributed by atoms with Crippen LogP contribution in [-0.4, -0.2) is 29.6 Å². The van der Waals surface area contributed by atoms with Gasteiger partial charge in [-0.15, -0.1) is 0 Å². The third-order valence-electron chi connectivity index (χ3n) is 5.00. The normalized spacial score (nSPS) is 11.1. The second-order valence-corrected chi connectivity index (χ2v) is 8.45. The molecule has 0 fully saturated rings. The average molecular weight is 467 g/mol. The summed E-state index contributed by atoms with van der Waals surface area (Å²) in [7, 11) is 0. The van der Waals surface area contributed by atoms with Crippen LogP contribution in [0.5, 0.6) is 0 Å². The lowest BCUT2D eigenvalue weighted by Gasteiger charge is -2.21. The number of carbonyl (C=O) groups excluding carboxylic acids is 2. The van der Waals surface area contributed by atoms with Crippen molar-refractivity contribution in [2.45, 2.75) is 40.7 Å². The maximum absolute atomic E-state index is 12.7. The van der Waals surface area contributed by atoms with E-state index in [1.165, 1.54) is 11.0 Å². The topological polar surface area (TPSA) is 99.1 Å². The predicted molar refractivity (Wildman–Crippen MR) is 127 cm³/mol. The van der Waals surface area contributed by atoms with Crippen LogP contribution in [0.15, 0.2) is 35.9 Å². The second kappa shape index (κ2) is 11.9. The van der Waals surface area contributed by atoms with Gasteiger partial charge in [-0.05, 0) is 55.7 Å². The number of aromatic nitrogens is 1. The Hall–Kier alpha value is -3.55. The van der Waals surface area contributed by atoms with Gasteiger partial charge in [0.25, 0.3) is 5.91 Å². The van der Waals surface area contributed by atoms with E-state index >= 15 is 0 Å². The Morgan fingerprint density at radius 3 is 2.58 bits per heavy atom. The number of nitriles is 2. The molecule has 0 atom stereocenters. The molecule has 0 spiro atoms. The summed E-state index contributed by atoms with van der Waals surface area (Å²) < 4.78 is 7.28. The first kappa shape index (κ1) is 25.7. The molecule has 0 saturated heterocycles. The molecule has 2 rings (SSSR count). The minimum absolute atomic E-state index is 0.0988. The summed E-state index contributed by atoms with van der Waals surface area (Å²) in [5.74, 6) is -0.958. The van der Waals surface area contributed by atoms with Gasteiger partial charge in [0.2, 0.25) is 0 Å². The Balaban J connectivity index is 2.16. The van der Waals surface area contributed by atoms with Crippen molar-refractivity contribution >= 4 is 35.2 Å². The lowest BCUT2D eigenvalue weighted by molar-refractivity contribution is -0.143. The summed E-state index contributed by atoms with van der Waals surface area (Å²) >= 11 is 6.01. The Morgan fingerprint density at radius 2 is 1.97 bits per heavy atom. The SMILES string of the molecule is Cc1cc(/C=C(\C#N)C(=O)OCC(=O)N(CCC#N)c2cccc(Cl)c2)c(C)n1CC(C)C. The molecule has 1 aromatic heterocycles. The highest BCUT2D eigenvalue weighted by Gasteiger charge is 2.20. The van der Waals surface area contributed by atoms with E-state index in [-0.39, 0.29) is 18.5 Å². The van der Waals surface area contributed by atoms with Gasteiger partial charge in [0.1, 0.15) is 11.6 Å². The number of aryl methyl sites for hydroxylation is 1. The van der Waals surface area contributed by atoms with Crippen LogP contribution in [0, 0.1) is 42.4 Å². The molecule has 0 aliphatic carbocycles. The van der Waals surface area contributed by atoms with Crippen LogP contribution >= 0.6 is 11.6 Å². The molecular formula is C25H27ClN4O3. The number of hydrogen-bond donors (Lipinski definition) is 0. The van der Waals surface area contributed by atoms with Crippen molar-refractivity contribution in [1.29, 1.82) is 10.5 Å². The molecular weight excluding hydrogens is 440 g/mol. The van der Waals surface area contributed by atoms with Crippen molar-refractivity contribution in [3.63, 3.8) is 0 Å². The highest BCUT2D eigenvalue weighted by molar-refractivity contribution is 6.30. The van der Waals surface area contributed by atoms with Crippen molar-refractivity contribution in [3.05, 3.63) is 57.9 Å². The Bertz CT molecular complexity index is 1140. The number of nitrogens with zero attached hydrogens (tertiary/aromatic N) is 4. The minimum atomic E-state index is -0.883. The van der Waals surface area contributed by atoms with Gasteiger partial charge in [-0.25, -0.2) is 4.79 Å². The van der Waals surface area contributed by atoms with E-state index in [0.29, 0.717) is 16.6 Å². The standard InChI is InChI=1S/C25H27ClN4O3/c1-17(2)15-30-18(3)11-20(19(30)4)12-21(14-28)25(32)33-16-24(31)29(10-6-9-27)23-8-5-7-22(26)13-23/h5,7-8,11-13,17H,6,10,15-16H2,1-4H3/b21-12+. The number of carbonyl (C=O) groups is 2. The van der Waals surface area contributed by atoms with Crippen LogP contribution in [0.4, 0.5) is 5.69 Å². The van der Waals surface area contributed by atoms with Gasteiger partial charge in [-0.2, -0.15) is 10.5 Å². The molecule has 0 radical (unpaired) electrons. The fourth-order valence-electron chi connectivity index (χ4n) is 3.40. The van der Waals surface area contributed by atoms with Crippen LogP contribution in [0.25, 0.3) is 6.08 Å². The molecule has 0 unspecified atom stereocenters. The number of benzene rings is 1. The number of hydrogen-bond acceptors (Lipinski definition) is 5. The summed E-state index contributed by atoms with van der Waals surface area (Å²) in [5, 5.41) is 18.8. The van der Waals surface area contributed by atoms with Gasteiger partial charge in [0.05, 0.1) is 12.5 Å². The first-order valence-corrected chi connectivity index (χ1v) is 10.9. The average Bonchev–Trinajstić information content (AvgIpc) is 3.03. The smallest absolute Gasteiger partial charge is 0.349 e. The molecule has 0 bridgehead atoms. The van der Waals surface area contributed by atoms with Crippen LogP contribution in [0.3, 0.4) is 0 Å². The molecule has 2 aromatic rings. The Labute approximate surface area is 199 Å². The first-order valence-electron chi connectivity index (χ1n) is 10.6. The molecule has 0 aliphatic rings. The molecule has 0 aliphatic heterocycles. The van der Waals surface area contributed by atoms with E-state index in [9.17, 15) is 14.9 Å². The number of esters is 1. The van der Waals surface area contributed by atoms with Crippen molar-refractivity contribution in [3.8, 4) is 12.1 Å². The van der Waals surface area contributed by atoms with Crippen molar-refractivity contribution in [2.75, 3.05) is 18.1 Å². The van der Waals surface area contributed by atoms with Gasteiger partial charge in [0.15, 0.2) is 6.61 Å². The Morgan fingerprint density at radius 1 is 1.24 bits per heavy atom. The van der Waals surface area contributed by atoms with Gasteiger partial charge >= 0.3 is 5.97 Å².